The molecule has 0 spiro atoms. The van der Waals surface area contributed by atoms with Gasteiger partial charge >= 0.3 is 0 Å². The lowest BCUT2D eigenvalue weighted by Gasteiger charge is -2.22. The molecule has 1 aromatic rings. The number of amides is 1. The Morgan fingerprint density at radius 1 is 1.50 bits per heavy atom. The lowest BCUT2D eigenvalue weighted by atomic mass is 10.0. The number of nitrogens with two attached hydrogens (primary N) is 2. The zero-order valence-electron chi connectivity index (χ0n) is 7.69. The van der Waals surface area contributed by atoms with Gasteiger partial charge < -0.3 is 11.5 Å². The summed E-state index contributed by atoms with van der Waals surface area (Å²) in [7, 11) is 0. The van der Waals surface area contributed by atoms with Gasteiger partial charge in [-0.2, -0.15) is 0 Å². The maximum absolute atomic E-state index is 11.1. The second-order valence-electron chi connectivity index (χ2n) is 3.33. The van der Waals surface area contributed by atoms with Crippen LogP contribution in [0.3, 0.4) is 0 Å². The van der Waals surface area contributed by atoms with Crippen LogP contribution in [0, 0.1) is 0 Å². The first-order chi connectivity index (χ1) is 6.70. The lowest BCUT2D eigenvalue weighted by molar-refractivity contribution is 0.0997. The van der Waals surface area contributed by atoms with Crippen molar-refractivity contribution in [1.82, 2.24) is 0 Å². The number of primary amides is 1. The van der Waals surface area contributed by atoms with E-state index in [-0.39, 0.29) is 11.9 Å². The molecule has 0 saturated carbocycles. The molecule has 4 N–H and O–H groups in total. The van der Waals surface area contributed by atoms with E-state index in [9.17, 15) is 4.79 Å². The normalized spacial score (nSPS) is 20.2. The molecule has 74 valence electrons. The van der Waals surface area contributed by atoms with Gasteiger partial charge in [0.25, 0.3) is 0 Å². The monoisotopic (exact) mass is 208 g/mol. The number of fused-ring (bicyclic) bond motifs is 1. The molecule has 0 radical (unpaired) electrons. The molecule has 1 aromatic carbocycles. The molecule has 1 amide bonds. The number of hydrogen-bond acceptors (Lipinski definition) is 3. The van der Waals surface area contributed by atoms with Crippen molar-refractivity contribution in [2.75, 3.05) is 5.75 Å². The molecule has 0 bridgehead atoms. The minimum atomic E-state index is -0.372. The Balaban J connectivity index is 2.55. The summed E-state index contributed by atoms with van der Waals surface area (Å²) < 4.78 is 0. The van der Waals surface area contributed by atoms with Gasteiger partial charge in [-0.05, 0) is 23.8 Å². The van der Waals surface area contributed by atoms with Crippen LogP contribution < -0.4 is 11.5 Å². The van der Waals surface area contributed by atoms with Crippen molar-refractivity contribution in [3.05, 3.63) is 29.3 Å². The van der Waals surface area contributed by atoms with Crippen molar-refractivity contribution in [2.24, 2.45) is 11.5 Å². The minimum absolute atomic E-state index is 0.0468. The van der Waals surface area contributed by atoms with E-state index in [1.54, 1.807) is 17.8 Å². The van der Waals surface area contributed by atoms with E-state index in [0.717, 1.165) is 22.6 Å². The standard InChI is InChI=1S/C10H12N2OS/c11-8-4-5-14-9-6(8)2-1-3-7(9)10(12)13/h1-3,8H,4-5,11H2,(H2,12,13)/t8-/m0/s1. The molecular formula is C10H12N2OS. The van der Waals surface area contributed by atoms with Gasteiger partial charge in [0.1, 0.15) is 0 Å². The van der Waals surface area contributed by atoms with Crippen LogP contribution in [0.15, 0.2) is 23.1 Å². The third kappa shape index (κ3) is 1.51. The zero-order chi connectivity index (χ0) is 10.1. The summed E-state index contributed by atoms with van der Waals surface area (Å²) in [5.41, 5.74) is 12.9. The Morgan fingerprint density at radius 2 is 2.29 bits per heavy atom. The van der Waals surface area contributed by atoms with Crippen LogP contribution in [0.4, 0.5) is 0 Å². The van der Waals surface area contributed by atoms with Crippen molar-refractivity contribution in [3.8, 4) is 0 Å². The maximum Gasteiger partial charge on any atom is 0.249 e. The van der Waals surface area contributed by atoms with E-state index in [4.69, 9.17) is 11.5 Å². The fraction of sp³-hybridized carbons (Fsp3) is 0.300. The summed E-state index contributed by atoms with van der Waals surface area (Å²) >= 11 is 1.67. The van der Waals surface area contributed by atoms with Gasteiger partial charge in [-0.3, -0.25) is 4.79 Å². The van der Waals surface area contributed by atoms with Gasteiger partial charge in [-0.25, -0.2) is 0 Å². The van der Waals surface area contributed by atoms with Gasteiger partial charge in [-0.1, -0.05) is 12.1 Å². The molecule has 1 heterocycles. The average molecular weight is 208 g/mol. The van der Waals surface area contributed by atoms with Gasteiger partial charge in [0.05, 0.1) is 5.56 Å². The number of thioether (sulfide) groups is 1. The molecule has 0 saturated heterocycles. The fourth-order valence-electron chi connectivity index (χ4n) is 1.65. The van der Waals surface area contributed by atoms with E-state index in [1.807, 2.05) is 12.1 Å². The van der Waals surface area contributed by atoms with Crippen LogP contribution in [-0.4, -0.2) is 11.7 Å². The van der Waals surface area contributed by atoms with Gasteiger partial charge in [0.15, 0.2) is 0 Å². The van der Waals surface area contributed by atoms with E-state index >= 15 is 0 Å². The molecule has 1 atom stereocenters. The van der Waals surface area contributed by atoms with Crippen LogP contribution in [0.25, 0.3) is 0 Å². The Hall–Kier alpha value is -1.00. The summed E-state index contributed by atoms with van der Waals surface area (Å²) in [6.07, 6.45) is 0.958. The number of rotatable bonds is 1. The Kier molecular flexibility index (Phi) is 2.48. The fourth-order valence-corrected chi connectivity index (χ4v) is 2.93. The number of carbonyl (C=O) groups is 1. The van der Waals surface area contributed by atoms with E-state index in [2.05, 4.69) is 0 Å². The molecule has 2 rings (SSSR count). The summed E-state index contributed by atoms with van der Waals surface area (Å²) in [6.45, 7) is 0. The predicted octanol–water partition coefficient (Wildman–Crippen LogP) is 1.28. The van der Waals surface area contributed by atoms with Crippen molar-refractivity contribution in [3.63, 3.8) is 0 Å². The summed E-state index contributed by atoms with van der Waals surface area (Å²) in [5, 5.41) is 0. The van der Waals surface area contributed by atoms with E-state index in [0.29, 0.717) is 5.56 Å². The van der Waals surface area contributed by atoms with Crippen molar-refractivity contribution in [2.45, 2.75) is 17.4 Å². The molecular weight excluding hydrogens is 196 g/mol. The molecule has 14 heavy (non-hydrogen) atoms. The smallest absolute Gasteiger partial charge is 0.249 e. The van der Waals surface area contributed by atoms with Crippen molar-refractivity contribution in [1.29, 1.82) is 0 Å². The van der Waals surface area contributed by atoms with Gasteiger partial charge in [0, 0.05) is 10.9 Å². The highest BCUT2D eigenvalue weighted by Gasteiger charge is 2.21. The highest BCUT2D eigenvalue weighted by Crippen LogP contribution is 2.36. The maximum atomic E-state index is 11.1. The van der Waals surface area contributed by atoms with Crippen LogP contribution in [0.5, 0.6) is 0 Å². The van der Waals surface area contributed by atoms with Gasteiger partial charge in [-0.15, -0.1) is 11.8 Å². The highest BCUT2D eigenvalue weighted by molar-refractivity contribution is 7.99. The number of carbonyl (C=O) groups excluding carboxylic acids is 1. The first kappa shape index (κ1) is 9.55. The van der Waals surface area contributed by atoms with Gasteiger partial charge in [0.2, 0.25) is 5.91 Å². The summed E-state index contributed by atoms with van der Waals surface area (Å²) in [4.78, 5) is 12.1. The molecule has 0 unspecified atom stereocenters. The summed E-state index contributed by atoms with van der Waals surface area (Å²) in [5.74, 6) is 0.585. The zero-order valence-corrected chi connectivity index (χ0v) is 8.51. The Labute approximate surface area is 86.8 Å². The molecule has 0 aliphatic carbocycles. The minimum Gasteiger partial charge on any atom is -0.366 e. The van der Waals surface area contributed by atoms with E-state index < -0.39 is 0 Å². The Morgan fingerprint density at radius 3 is 3.00 bits per heavy atom. The van der Waals surface area contributed by atoms with E-state index in [1.165, 1.54) is 0 Å². The average Bonchev–Trinajstić information content (AvgIpc) is 2.17. The summed E-state index contributed by atoms with van der Waals surface area (Å²) in [6, 6.07) is 5.61. The lowest BCUT2D eigenvalue weighted by Crippen LogP contribution is -2.20. The third-order valence-electron chi connectivity index (χ3n) is 2.39. The van der Waals surface area contributed by atoms with Crippen LogP contribution in [0.1, 0.15) is 28.4 Å². The molecule has 1 aliphatic heterocycles. The molecule has 1 aliphatic rings. The topological polar surface area (TPSA) is 69.1 Å². The van der Waals surface area contributed by atoms with Crippen molar-refractivity contribution >= 4 is 17.7 Å². The van der Waals surface area contributed by atoms with Crippen molar-refractivity contribution < 1.29 is 4.79 Å². The Bertz CT molecular complexity index is 378. The first-order valence-electron chi connectivity index (χ1n) is 4.51. The first-order valence-corrected chi connectivity index (χ1v) is 5.50. The molecule has 0 aromatic heterocycles. The van der Waals surface area contributed by atoms with Crippen LogP contribution >= 0.6 is 11.8 Å². The molecule has 4 heteroatoms. The second-order valence-corrected chi connectivity index (χ2v) is 4.44. The highest BCUT2D eigenvalue weighted by atomic mass is 32.2. The SMILES string of the molecule is NC(=O)c1cccc2c1SCC[C@@H]2N. The second kappa shape index (κ2) is 3.63. The van der Waals surface area contributed by atoms with Crippen LogP contribution in [-0.2, 0) is 0 Å². The number of benzene rings is 1. The quantitative estimate of drug-likeness (QED) is 0.730. The third-order valence-corrected chi connectivity index (χ3v) is 3.57. The molecule has 3 nitrogen and oxygen atoms in total. The largest absolute Gasteiger partial charge is 0.366 e. The van der Waals surface area contributed by atoms with Crippen LogP contribution in [0.2, 0.25) is 0 Å². The predicted molar refractivity (Wildman–Crippen MR) is 57.2 cm³/mol. The molecule has 0 fully saturated rings. The number of hydrogen-bond donors (Lipinski definition) is 2.